The quantitative estimate of drug-likeness (QED) is 0.514. The molecular formula is C12H24N2O3. The van der Waals surface area contributed by atoms with Crippen LogP contribution in [-0.4, -0.2) is 63.4 Å². The van der Waals surface area contributed by atoms with Crippen molar-refractivity contribution < 1.29 is 14.3 Å². The number of rotatable bonds is 7. The molecule has 5 nitrogen and oxygen atoms in total. The van der Waals surface area contributed by atoms with Crippen LogP contribution in [-0.2, 0) is 14.3 Å². The van der Waals surface area contributed by atoms with E-state index in [0.717, 1.165) is 19.6 Å². The Labute approximate surface area is 103 Å². The second kappa shape index (κ2) is 8.44. The molecule has 5 heteroatoms. The number of esters is 1. The van der Waals surface area contributed by atoms with Crippen LogP contribution >= 0.6 is 0 Å². The van der Waals surface area contributed by atoms with E-state index >= 15 is 0 Å². The van der Waals surface area contributed by atoms with Crippen molar-refractivity contribution in [3.8, 4) is 0 Å². The minimum atomic E-state index is -0.285. The van der Waals surface area contributed by atoms with E-state index in [1.165, 1.54) is 12.8 Å². The molecule has 0 aromatic heterocycles. The van der Waals surface area contributed by atoms with E-state index in [1.807, 2.05) is 0 Å². The third kappa shape index (κ3) is 6.61. The average Bonchev–Trinajstić information content (AvgIpc) is 2.31. The molecule has 1 fully saturated rings. The number of carbonyl (C=O) groups is 1. The summed E-state index contributed by atoms with van der Waals surface area (Å²) in [5.41, 5.74) is 0. The Kier molecular flexibility index (Phi) is 7.16. The molecule has 1 aliphatic heterocycles. The van der Waals surface area contributed by atoms with Crippen molar-refractivity contribution in [2.75, 3.05) is 46.5 Å². The van der Waals surface area contributed by atoms with Crippen LogP contribution in [0.15, 0.2) is 0 Å². The number of carbonyl (C=O) groups excluding carboxylic acids is 1. The third-order valence-corrected chi connectivity index (χ3v) is 2.92. The van der Waals surface area contributed by atoms with E-state index in [2.05, 4.69) is 17.3 Å². The Bertz CT molecular complexity index is 216. The molecule has 1 rings (SSSR count). The molecule has 0 saturated carbocycles. The first kappa shape index (κ1) is 14.4. The van der Waals surface area contributed by atoms with Crippen LogP contribution in [0.1, 0.15) is 19.8 Å². The van der Waals surface area contributed by atoms with E-state index in [1.54, 1.807) is 6.92 Å². The van der Waals surface area contributed by atoms with Gasteiger partial charge in [-0.2, -0.15) is 0 Å². The second-order valence-corrected chi connectivity index (χ2v) is 4.39. The number of ether oxygens (including phenoxy) is 2. The van der Waals surface area contributed by atoms with Gasteiger partial charge in [-0.1, -0.05) is 0 Å². The molecule has 0 aliphatic carbocycles. The van der Waals surface area contributed by atoms with Gasteiger partial charge < -0.3 is 19.7 Å². The summed E-state index contributed by atoms with van der Waals surface area (Å²) in [6.45, 7) is 5.93. The summed E-state index contributed by atoms with van der Waals surface area (Å²) < 4.78 is 9.97. The zero-order valence-corrected chi connectivity index (χ0v) is 10.9. The number of hydrogen-bond acceptors (Lipinski definition) is 5. The Morgan fingerprint density at radius 2 is 2.12 bits per heavy atom. The standard InChI is InChI=1S/C12H24N2O3/c1-3-17-12(15)10-16-9-6-13-11-4-7-14(2)8-5-11/h11,13H,3-10H2,1-2H3. The van der Waals surface area contributed by atoms with Gasteiger partial charge in [-0.05, 0) is 39.9 Å². The number of nitrogens with one attached hydrogen (secondary N) is 1. The minimum Gasteiger partial charge on any atom is -0.464 e. The van der Waals surface area contributed by atoms with E-state index in [-0.39, 0.29) is 12.6 Å². The number of nitrogens with zero attached hydrogens (tertiary/aromatic N) is 1. The molecular weight excluding hydrogens is 220 g/mol. The molecule has 17 heavy (non-hydrogen) atoms. The summed E-state index contributed by atoms with van der Waals surface area (Å²) in [6, 6.07) is 0.595. The SMILES string of the molecule is CCOC(=O)COCCNC1CCN(C)CC1. The molecule has 1 saturated heterocycles. The fraction of sp³-hybridized carbons (Fsp3) is 0.917. The third-order valence-electron chi connectivity index (χ3n) is 2.92. The predicted molar refractivity (Wildman–Crippen MR) is 66.0 cm³/mol. The topological polar surface area (TPSA) is 50.8 Å². The molecule has 0 bridgehead atoms. The molecule has 0 aromatic carbocycles. The van der Waals surface area contributed by atoms with Gasteiger partial charge in [0.25, 0.3) is 0 Å². The Morgan fingerprint density at radius 1 is 1.41 bits per heavy atom. The number of likely N-dealkylation sites (tertiary alicyclic amines) is 1. The zero-order valence-electron chi connectivity index (χ0n) is 10.9. The van der Waals surface area contributed by atoms with Crippen molar-refractivity contribution in [3.63, 3.8) is 0 Å². The van der Waals surface area contributed by atoms with Gasteiger partial charge in [0.2, 0.25) is 0 Å². The lowest BCUT2D eigenvalue weighted by atomic mass is 10.1. The molecule has 0 aromatic rings. The molecule has 0 amide bonds. The van der Waals surface area contributed by atoms with Gasteiger partial charge in [-0.25, -0.2) is 4.79 Å². The molecule has 0 atom stereocenters. The first-order valence-corrected chi connectivity index (χ1v) is 6.37. The van der Waals surface area contributed by atoms with Crippen molar-refractivity contribution in [2.45, 2.75) is 25.8 Å². The van der Waals surface area contributed by atoms with Gasteiger partial charge in [0.1, 0.15) is 6.61 Å². The van der Waals surface area contributed by atoms with E-state index in [0.29, 0.717) is 19.3 Å². The van der Waals surface area contributed by atoms with Crippen molar-refractivity contribution in [1.82, 2.24) is 10.2 Å². The normalized spacial score (nSPS) is 18.2. The lowest BCUT2D eigenvalue weighted by Gasteiger charge is -2.29. The van der Waals surface area contributed by atoms with Gasteiger partial charge in [-0.15, -0.1) is 0 Å². The van der Waals surface area contributed by atoms with Crippen LogP contribution in [0, 0.1) is 0 Å². The van der Waals surface area contributed by atoms with Gasteiger partial charge in [-0.3, -0.25) is 0 Å². The zero-order chi connectivity index (χ0) is 12.5. The monoisotopic (exact) mass is 244 g/mol. The maximum absolute atomic E-state index is 11.0. The largest absolute Gasteiger partial charge is 0.464 e. The summed E-state index contributed by atoms with van der Waals surface area (Å²) in [7, 11) is 2.15. The molecule has 100 valence electrons. The number of hydrogen-bond donors (Lipinski definition) is 1. The van der Waals surface area contributed by atoms with Gasteiger partial charge in [0, 0.05) is 12.6 Å². The van der Waals surface area contributed by atoms with Crippen LogP contribution in [0.3, 0.4) is 0 Å². The number of piperidine rings is 1. The first-order chi connectivity index (χ1) is 8.22. The van der Waals surface area contributed by atoms with Crippen LogP contribution in [0.5, 0.6) is 0 Å². The summed E-state index contributed by atoms with van der Waals surface area (Å²) >= 11 is 0. The second-order valence-electron chi connectivity index (χ2n) is 4.39. The van der Waals surface area contributed by atoms with Crippen LogP contribution < -0.4 is 5.32 Å². The average molecular weight is 244 g/mol. The van der Waals surface area contributed by atoms with Crippen LogP contribution in [0.25, 0.3) is 0 Å². The minimum absolute atomic E-state index is 0.0585. The highest BCUT2D eigenvalue weighted by Gasteiger charge is 2.15. The van der Waals surface area contributed by atoms with Crippen molar-refractivity contribution in [2.24, 2.45) is 0 Å². The smallest absolute Gasteiger partial charge is 0.332 e. The molecule has 1 heterocycles. The van der Waals surface area contributed by atoms with E-state index < -0.39 is 0 Å². The van der Waals surface area contributed by atoms with Gasteiger partial charge in [0.15, 0.2) is 0 Å². The lowest BCUT2D eigenvalue weighted by Crippen LogP contribution is -2.41. The van der Waals surface area contributed by atoms with E-state index in [9.17, 15) is 4.79 Å². The van der Waals surface area contributed by atoms with Gasteiger partial charge in [0.05, 0.1) is 13.2 Å². The Morgan fingerprint density at radius 3 is 2.76 bits per heavy atom. The molecule has 0 radical (unpaired) electrons. The summed E-state index contributed by atoms with van der Waals surface area (Å²) in [5, 5.41) is 3.44. The predicted octanol–water partition coefficient (Wildman–Crippen LogP) is 0.250. The fourth-order valence-electron chi connectivity index (χ4n) is 1.91. The Balaban J connectivity index is 1.92. The van der Waals surface area contributed by atoms with Crippen molar-refractivity contribution in [1.29, 1.82) is 0 Å². The Hall–Kier alpha value is -0.650. The molecule has 0 spiro atoms. The van der Waals surface area contributed by atoms with Crippen molar-refractivity contribution in [3.05, 3.63) is 0 Å². The highest BCUT2D eigenvalue weighted by molar-refractivity contribution is 5.70. The summed E-state index contributed by atoms with van der Waals surface area (Å²) in [5.74, 6) is -0.285. The maximum atomic E-state index is 11.0. The maximum Gasteiger partial charge on any atom is 0.332 e. The van der Waals surface area contributed by atoms with Gasteiger partial charge >= 0.3 is 5.97 Å². The van der Waals surface area contributed by atoms with Crippen LogP contribution in [0.4, 0.5) is 0 Å². The first-order valence-electron chi connectivity index (χ1n) is 6.37. The van der Waals surface area contributed by atoms with Crippen molar-refractivity contribution >= 4 is 5.97 Å². The highest BCUT2D eigenvalue weighted by atomic mass is 16.6. The van der Waals surface area contributed by atoms with E-state index in [4.69, 9.17) is 9.47 Å². The fourth-order valence-corrected chi connectivity index (χ4v) is 1.91. The summed E-state index contributed by atoms with van der Waals surface area (Å²) in [4.78, 5) is 13.3. The molecule has 1 aliphatic rings. The highest BCUT2D eigenvalue weighted by Crippen LogP contribution is 2.07. The lowest BCUT2D eigenvalue weighted by molar-refractivity contribution is -0.148. The van der Waals surface area contributed by atoms with Crippen LogP contribution in [0.2, 0.25) is 0 Å². The summed E-state index contributed by atoms with van der Waals surface area (Å²) in [6.07, 6.45) is 2.38. The molecule has 0 unspecified atom stereocenters. The molecule has 1 N–H and O–H groups in total.